The van der Waals surface area contributed by atoms with Crippen molar-refractivity contribution in [3.05, 3.63) is 77.6 Å². The molecule has 5 nitrogen and oxygen atoms in total. The third-order valence-corrected chi connectivity index (χ3v) is 3.87. The molecule has 2 aromatic carbocycles. The molecule has 1 heterocycles. The van der Waals surface area contributed by atoms with Crippen LogP contribution < -0.4 is 5.32 Å². The number of aromatic nitrogens is 3. The van der Waals surface area contributed by atoms with Crippen molar-refractivity contribution in [3.63, 3.8) is 0 Å². The molecule has 0 saturated heterocycles. The molecule has 0 radical (unpaired) electrons. The molecule has 1 aromatic heterocycles. The fraction of sp³-hybridized carbons (Fsp3) is 0.167. The van der Waals surface area contributed by atoms with Crippen molar-refractivity contribution in [2.24, 2.45) is 0 Å². The molecule has 3 rings (SSSR count). The molecule has 122 valence electrons. The lowest BCUT2D eigenvalue weighted by molar-refractivity contribution is 0.0939. The normalized spacial score (nSPS) is 12.0. The van der Waals surface area contributed by atoms with Crippen molar-refractivity contribution in [2.45, 2.75) is 19.9 Å². The number of carbonyl (C=O) groups excluding carboxylic acids is 1. The van der Waals surface area contributed by atoms with Gasteiger partial charge in [0.05, 0.1) is 11.7 Å². The molecular formula is C18H17FN4O. The predicted molar refractivity (Wildman–Crippen MR) is 88.4 cm³/mol. The van der Waals surface area contributed by atoms with E-state index in [-0.39, 0.29) is 11.9 Å². The molecule has 1 atom stereocenters. The number of nitrogens with one attached hydrogen (secondary N) is 1. The van der Waals surface area contributed by atoms with Crippen LogP contribution in [0, 0.1) is 12.7 Å². The van der Waals surface area contributed by atoms with Crippen molar-refractivity contribution >= 4 is 5.91 Å². The Morgan fingerprint density at radius 2 is 1.96 bits per heavy atom. The third-order valence-electron chi connectivity index (χ3n) is 3.87. The van der Waals surface area contributed by atoms with E-state index >= 15 is 0 Å². The number of benzene rings is 2. The van der Waals surface area contributed by atoms with Gasteiger partial charge < -0.3 is 5.32 Å². The van der Waals surface area contributed by atoms with Gasteiger partial charge in [0.2, 0.25) is 0 Å². The van der Waals surface area contributed by atoms with Crippen LogP contribution in [0.2, 0.25) is 0 Å². The van der Waals surface area contributed by atoms with Crippen LogP contribution in [0.25, 0.3) is 5.69 Å². The van der Waals surface area contributed by atoms with Crippen LogP contribution in [0.5, 0.6) is 0 Å². The minimum absolute atomic E-state index is 0.204. The molecule has 0 saturated carbocycles. The Labute approximate surface area is 139 Å². The molecule has 0 aliphatic rings. The lowest BCUT2D eigenvalue weighted by Crippen LogP contribution is -2.27. The zero-order valence-electron chi connectivity index (χ0n) is 13.4. The van der Waals surface area contributed by atoms with Crippen LogP contribution in [0.15, 0.2) is 55.1 Å². The minimum Gasteiger partial charge on any atom is -0.346 e. The van der Waals surface area contributed by atoms with Crippen molar-refractivity contribution < 1.29 is 9.18 Å². The second-order valence-corrected chi connectivity index (χ2v) is 5.59. The molecule has 1 amide bonds. The Kier molecular flexibility index (Phi) is 4.37. The third kappa shape index (κ3) is 3.32. The summed E-state index contributed by atoms with van der Waals surface area (Å²) in [4.78, 5) is 16.3. The monoisotopic (exact) mass is 324 g/mol. The molecule has 1 N–H and O–H groups in total. The fourth-order valence-electron chi connectivity index (χ4n) is 2.45. The van der Waals surface area contributed by atoms with E-state index in [2.05, 4.69) is 15.4 Å². The van der Waals surface area contributed by atoms with E-state index in [1.165, 1.54) is 18.5 Å². The summed E-state index contributed by atoms with van der Waals surface area (Å²) in [6.07, 6.45) is 3.09. The zero-order chi connectivity index (χ0) is 17.1. The van der Waals surface area contributed by atoms with Crippen LogP contribution in [0.1, 0.15) is 34.5 Å². The van der Waals surface area contributed by atoms with Crippen LogP contribution in [-0.2, 0) is 0 Å². The first-order valence-electron chi connectivity index (χ1n) is 7.56. The highest BCUT2D eigenvalue weighted by atomic mass is 19.1. The van der Waals surface area contributed by atoms with Gasteiger partial charge in [-0.05, 0) is 49.2 Å². The standard InChI is InChI=1S/C18H17FN4O/c1-12-3-6-15(19)9-17(12)18(24)22-13(2)14-4-7-16(8-5-14)23-11-20-10-21-23/h3-11,13H,1-2H3,(H,22,24). The van der Waals surface area contributed by atoms with E-state index in [1.54, 1.807) is 24.0 Å². The van der Waals surface area contributed by atoms with E-state index in [4.69, 9.17) is 0 Å². The molecule has 6 heteroatoms. The Morgan fingerprint density at radius 1 is 1.21 bits per heavy atom. The summed E-state index contributed by atoms with van der Waals surface area (Å²) in [6.45, 7) is 3.67. The van der Waals surface area contributed by atoms with E-state index in [0.29, 0.717) is 5.56 Å². The first-order chi connectivity index (χ1) is 11.5. The van der Waals surface area contributed by atoms with Crippen LogP contribution in [0.4, 0.5) is 4.39 Å². The van der Waals surface area contributed by atoms with Gasteiger partial charge >= 0.3 is 0 Å². The molecule has 3 aromatic rings. The van der Waals surface area contributed by atoms with E-state index < -0.39 is 5.82 Å². The highest BCUT2D eigenvalue weighted by Crippen LogP contribution is 2.17. The number of aryl methyl sites for hydroxylation is 1. The zero-order valence-corrected chi connectivity index (χ0v) is 13.4. The van der Waals surface area contributed by atoms with Gasteiger partial charge in [-0.3, -0.25) is 4.79 Å². The average molecular weight is 324 g/mol. The van der Waals surface area contributed by atoms with Gasteiger partial charge in [-0.1, -0.05) is 18.2 Å². The van der Waals surface area contributed by atoms with Gasteiger partial charge in [-0.2, -0.15) is 5.10 Å². The maximum absolute atomic E-state index is 13.4. The minimum atomic E-state index is -0.421. The summed E-state index contributed by atoms with van der Waals surface area (Å²) in [5.74, 6) is -0.713. The second kappa shape index (κ2) is 6.62. The maximum atomic E-state index is 13.4. The highest BCUT2D eigenvalue weighted by Gasteiger charge is 2.14. The largest absolute Gasteiger partial charge is 0.346 e. The van der Waals surface area contributed by atoms with Crippen LogP contribution in [0.3, 0.4) is 0 Å². The van der Waals surface area contributed by atoms with E-state index in [0.717, 1.165) is 16.8 Å². The number of rotatable bonds is 4. The number of hydrogen-bond acceptors (Lipinski definition) is 3. The lowest BCUT2D eigenvalue weighted by atomic mass is 10.1. The summed E-state index contributed by atoms with van der Waals surface area (Å²) in [5.41, 5.74) is 2.92. The van der Waals surface area contributed by atoms with Gasteiger partial charge in [0.25, 0.3) is 5.91 Å². The Hall–Kier alpha value is -3.02. The number of hydrogen-bond donors (Lipinski definition) is 1. The maximum Gasteiger partial charge on any atom is 0.252 e. The van der Waals surface area contributed by atoms with Gasteiger partial charge in [-0.25, -0.2) is 14.1 Å². The van der Waals surface area contributed by atoms with Crippen molar-refractivity contribution in [3.8, 4) is 5.69 Å². The number of halogens is 1. The highest BCUT2D eigenvalue weighted by molar-refractivity contribution is 5.95. The molecule has 1 unspecified atom stereocenters. The van der Waals surface area contributed by atoms with Crippen LogP contribution in [-0.4, -0.2) is 20.7 Å². The SMILES string of the molecule is Cc1ccc(F)cc1C(=O)NC(C)c1ccc(-n2cncn2)cc1. The van der Waals surface area contributed by atoms with Crippen LogP contribution >= 0.6 is 0 Å². The predicted octanol–water partition coefficient (Wildman–Crippen LogP) is 3.21. The molecule has 24 heavy (non-hydrogen) atoms. The van der Waals surface area contributed by atoms with Crippen molar-refractivity contribution in [1.29, 1.82) is 0 Å². The number of carbonyl (C=O) groups is 1. The quantitative estimate of drug-likeness (QED) is 0.802. The van der Waals surface area contributed by atoms with Gasteiger partial charge in [0, 0.05) is 5.56 Å². The Morgan fingerprint density at radius 3 is 2.62 bits per heavy atom. The number of amides is 1. The lowest BCUT2D eigenvalue weighted by Gasteiger charge is -2.16. The Bertz CT molecular complexity index is 844. The molecule has 0 spiro atoms. The molecule has 0 fully saturated rings. The van der Waals surface area contributed by atoms with Gasteiger partial charge in [0.15, 0.2) is 0 Å². The van der Waals surface area contributed by atoms with E-state index in [9.17, 15) is 9.18 Å². The molecule has 0 bridgehead atoms. The smallest absolute Gasteiger partial charge is 0.252 e. The van der Waals surface area contributed by atoms with Crippen molar-refractivity contribution in [1.82, 2.24) is 20.1 Å². The van der Waals surface area contributed by atoms with Gasteiger partial charge in [0.1, 0.15) is 18.5 Å². The summed E-state index contributed by atoms with van der Waals surface area (Å²) in [6, 6.07) is 11.6. The van der Waals surface area contributed by atoms with Crippen molar-refractivity contribution in [2.75, 3.05) is 0 Å². The first-order valence-corrected chi connectivity index (χ1v) is 7.56. The molecular weight excluding hydrogens is 307 g/mol. The molecule has 0 aliphatic carbocycles. The molecule has 0 aliphatic heterocycles. The first kappa shape index (κ1) is 15.9. The Balaban J connectivity index is 1.73. The summed E-state index contributed by atoms with van der Waals surface area (Å²) in [7, 11) is 0. The fourth-order valence-corrected chi connectivity index (χ4v) is 2.45. The second-order valence-electron chi connectivity index (χ2n) is 5.59. The van der Waals surface area contributed by atoms with Gasteiger partial charge in [-0.15, -0.1) is 0 Å². The summed E-state index contributed by atoms with van der Waals surface area (Å²) >= 11 is 0. The average Bonchev–Trinajstić information content (AvgIpc) is 3.11. The summed E-state index contributed by atoms with van der Waals surface area (Å²) < 4.78 is 15.0. The van der Waals surface area contributed by atoms with E-state index in [1.807, 2.05) is 31.2 Å². The topological polar surface area (TPSA) is 59.8 Å². The number of nitrogens with zero attached hydrogens (tertiary/aromatic N) is 3. The summed E-state index contributed by atoms with van der Waals surface area (Å²) in [5, 5.41) is 6.96.